The van der Waals surface area contributed by atoms with Crippen LogP contribution in [0.25, 0.3) is 0 Å². The van der Waals surface area contributed by atoms with Crippen molar-refractivity contribution in [3.05, 3.63) is 202 Å². The number of aliphatic hydroxyl groups excluding tert-OH is 4. The van der Waals surface area contributed by atoms with Crippen LogP contribution in [-0.4, -0.2) is 57.6 Å². The van der Waals surface area contributed by atoms with Gasteiger partial charge in [0.25, 0.3) is 0 Å². The van der Waals surface area contributed by atoms with Gasteiger partial charge in [0.1, 0.15) is 31.3 Å². The number of aryl methyl sites for hydroxylation is 2. The lowest BCUT2D eigenvalue weighted by atomic mass is 10.0. The first-order chi connectivity index (χ1) is 31.4. The van der Waals surface area contributed by atoms with E-state index in [0.29, 0.717) is 60.1 Å². The Morgan fingerprint density at radius 1 is 0.516 bits per heavy atom. The molecule has 0 fully saturated rings. The molecule has 10 nitrogen and oxygen atoms in total. The SMILES string of the molecule is O=C(NCCCCc1ccc(CCCCN(C[C@H](O)c2ccc(OCc3ccccc3)c(CO)c2)C[C@H](O)c2ccc(OCc3ccccc3)c(CO)c2)cc1)OCc1ccccc1. The van der Waals surface area contributed by atoms with Crippen molar-refractivity contribution < 1.29 is 39.4 Å². The molecular formula is C54H62N2O8. The standard InChI is InChI=1S/C54H62N2O8/c57-36-48-32-46(26-28-52(48)62-38-43-16-4-1-5-17-43)50(59)34-56(35-51(60)47-27-29-53(49(33-47)37-58)63-39-44-18-6-2-7-19-44)31-13-11-15-42-24-22-41(23-25-42)14-10-12-30-55-54(61)64-40-45-20-8-3-9-21-45/h1-9,16-29,32-33,50-51,57-60H,10-15,30-31,34-40H2,(H,55,61)/t50-,51-/m0/s1. The van der Waals surface area contributed by atoms with Crippen LogP contribution in [0, 0.1) is 0 Å². The van der Waals surface area contributed by atoms with Gasteiger partial charge < -0.3 is 40.0 Å². The van der Waals surface area contributed by atoms with Crippen LogP contribution < -0.4 is 14.8 Å². The van der Waals surface area contributed by atoms with Crippen LogP contribution in [0.1, 0.15) is 88.0 Å². The normalized spacial score (nSPS) is 12.1. The van der Waals surface area contributed by atoms with Crippen molar-refractivity contribution >= 4 is 6.09 Å². The summed E-state index contributed by atoms with van der Waals surface area (Å²) in [6, 6.07) is 48.8. The lowest BCUT2D eigenvalue weighted by molar-refractivity contribution is 0.0677. The van der Waals surface area contributed by atoms with E-state index in [1.807, 2.05) is 103 Å². The van der Waals surface area contributed by atoms with Gasteiger partial charge in [-0.3, -0.25) is 4.90 Å². The van der Waals surface area contributed by atoms with Crippen molar-refractivity contribution in [1.82, 2.24) is 10.2 Å². The molecule has 10 heteroatoms. The van der Waals surface area contributed by atoms with Crippen molar-refractivity contribution in [2.75, 3.05) is 26.2 Å². The van der Waals surface area contributed by atoms with Gasteiger partial charge in [-0.15, -0.1) is 0 Å². The number of nitrogens with one attached hydrogen (secondary N) is 1. The maximum atomic E-state index is 12.0. The van der Waals surface area contributed by atoms with Crippen LogP contribution in [0.5, 0.6) is 11.5 Å². The number of hydrogen-bond donors (Lipinski definition) is 5. The van der Waals surface area contributed by atoms with E-state index in [1.165, 1.54) is 11.1 Å². The third kappa shape index (κ3) is 15.7. The van der Waals surface area contributed by atoms with Gasteiger partial charge in [0.2, 0.25) is 0 Å². The Labute approximate surface area is 377 Å². The topological polar surface area (TPSA) is 141 Å². The number of carbonyl (C=O) groups is 1. The van der Waals surface area contributed by atoms with Crippen LogP contribution in [0.2, 0.25) is 0 Å². The fourth-order valence-electron chi connectivity index (χ4n) is 7.53. The molecule has 6 aromatic rings. The Balaban J connectivity index is 1.01. The third-order valence-corrected chi connectivity index (χ3v) is 11.2. The zero-order valence-electron chi connectivity index (χ0n) is 36.6. The molecule has 0 radical (unpaired) electrons. The van der Waals surface area contributed by atoms with E-state index in [4.69, 9.17) is 14.2 Å². The van der Waals surface area contributed by atoms with Gasteiger partial charge in [-0.25, -0.2) is 4.79 Å². The Kier molecular flexibility index (Phi) is 19.2. The van der Waals surface area contributed by atoms with E-state index in [9.17, 15) is 25.2 Å². The number of alkyl carbamates (subject to hydrolysis) is 1. The maximum absolute atomic E-state index is 12.0. The fraction of sp³-hybridized carbons (Fsp3) is 0.315. The molecule has 0 aliphatic rings. The molecule has 0 saturated heterocycles. The molecular weight excluding hydrogens is 805 g/mol. The molecule has 0 aromatic heterocycles. The molecule has 6 rings (SSSR count). The summed E-state index contributed by atoms with van der Waals surface area (Å²) in [6.07, 6.45) is 3.20. The highest BCUT2D eigenvalue weighted by atomic mass is 16.5. The summed E-state index contributed by atoms with van der Waals surface area (Å²) in [5.41, 5.74) is 7.96. The van der Waals surface area contributed by atoms with Crippen molar-refractivity contribution in [3.8, 4) is 11.5 Å². The van der Waals surface area contributed by atoms with Crippen LogP contribution >= 0.6 is 0 Å². The minimum absolute atomic E-state index is 0.238. The van der Waals surface area contributed by atoms with E-state index >= 15 is 0 Å². The lowest BCUT2D eigenvalue weighted by Crippen LogP contribution is -2.33. The smallest absolute Gasteiger partial charge is 0.407 e. The van der Waals surface area contributed by atoms with Gasteiger partial charge in [0.15, 0.2) is 0 Å². The van der Waals surface area contributed by atoms with E-state index in [-0.39, 0.29) is 32.9 Å². The highest BCUT2D eigenvalue weighted by Gasteiger charge is 2.20. The lowest BCUT2D eigenvalue weighted by Gasteiger charge is -2.28. The molecule has 5 N–H and O–H groups in total. The molecule has 6 aromatic carbocycles. The zero-order chi connectivity index (χ0) is 44.8. The van der Waals surface area contributed by atoms with Gasteiger partial charge >= 0.3 is 6.09 Å². The molecule has 0 saturated carbocycles. The average molecular weight is 867 g/mol. The van der Waals surface area contributed by atoms with Crippen molar-refractivity contribution in [2.45, 2.75) is 83.8 Å². The van der Waals surface area contributed by atoms with Crippen LogP contribution in [0.4, 0.5) is 4.79 Å². The van der Waals surface area contributed by atoms with Crippen molar-refractivity contribution in [3.63, 3.8) is 0 Å². The second-order valence-corrected chi connectivity index (χ2v) is 16.1. The second-order valence-electron chi connectivity index (χ2n) is 16.1. The van der Waals surface area contributed by atoms with E-state index in [1.54, 1.807) is 24.3 Å². The number of ether oxygens (including phenoxy) is 3. The summed E-state index contributed by atoms with van der Waals surface area (Å²) >= 11 is 0. The molecule has 0 bridgehead atoms. The number of unbranched alkanes of at least 4 members (excludes halogenated alkanes) is 2. The fourth-order valence-corrected chi connectivity index (χ4v) is 7.53. The van der Waals surface area contributed by atoms with Crippen LogP contribution in [0.15, 0.2) is 152 Å². The number of aliphatic hydroxyl groups is 4. The van der Waals surface area contributed by atoms with Crippen LogP contribution in [0.3, 0.4) is 0 Å². The maximum Gasteiger partial charge on any atom is 0.407 e. The molecule has 0 spiro atoms. The number of benzene rings is 6. The Bertz CT molecular complexity index is 2150. The van der Waals surface area contributed by atoms with Gasteiger partial charge in [-0.1, -0.05) is 127 Å². The van der Waals surface area contributed by atoms with Crippen LogP contribution in [-0.2, 0) is 50.6 Å². The number of rotatable bonds is 26. The Morgan fingerprint density at radius 3 is 1.41 bits per heavy atom. The first-order valence-electron chi connectivity index (χ1n) is 22.3. The number of carbonyl (C=O) groups excluding carboxylic acids is 1. The molecule has 64 heavy (non-hydrogen) atoms. The van der Waals surface area contributed by atoms with E-state index in [2.05, 4.69) is 34.5 Å². The number of amides is 1. The first kappa shape index (κ1) is 47.5. The second kappa shape index (κ2) is 25.9. The molecule has 0 heterocycles. The zero-order valence-corrected chi connectivity index (χ0v) is 36.6. The summed E-state index contributed by atoms with van der Waals surface area (Å²) in [6.45, 7) is 2.22. The molecule has 0 aliphatic carbocycles. The number of hydrogen-bond acceptors (Lipinski definition) is 9. The van der Waals surface area contributed by atoms with Gasteiger partial charge in [0, 0.05) is 30.8 Å². The summed E-state index contributed by atoms with van der Waals surface area (Å²) in [5.74, 6) is 1.12. The average Bonchev–Trinajstić information content (AvgIpc) is 3.34. The highest BCUT2D eigenvalue weighted by molar-refractivity contribution is 5.67. The summed E-state index contributed by atoms with van der Waals surface area (Å²) in [4.78, 5) is 14.1. The minimum Gasteiger partial charge on any atom is -0.489 e. The highest BCUT2D eigenvalue weighted by Crippen LogP contribution is 2.28. The van der Waals surface area contributed by atoms with Gasteiger partial charge in [-0.05, 0) is 108 Å². The molecule has 1 amide bonds. The summed E-state index contributed by atoms with van der Waals surface area (Å²) < 4.78 is 17.3. The molecule has 0 unspecified atom stereocenters. The summed E-state index contributed by atoms with van der Waals surface area (Å²) in [7, 11) is 0. The predicted octanol–water partition coefficient (Wildman–Crippen LogP) is 9.17. The Morgan fingerprint density at radius 2 is 0.953 bits per heavy atom. The van der Waals surface area contributed by atoms with Crippen molar-refractivity contribution in [1.29, 1.82) is 0 Å². The predicted molar refractivity (Wildman–Crippen MR) is 250 cm³/mol. The largest absolute Gasteiger partial charge is 0.489 e. The molecule has 0 aliphatic heterocycles. The first-order valence-corrected chi connectivity index (χ1v) is 22.3. The Hall–Kier alpha value is -6.01. The summed E-state index contributed by atoms with van der Waals surface area (Å²) in [5, 5.41) is 46.4. The molecule has 336 valence electrons. The monoisotopic (exact) mass is 866 g/mol. The number of nitrogens with zero attached hydrogens (tertiary/aromatic N) is 1. The minimum atomic E-state index is -0.890. The third-order valence-electron chi connectivity index (χ3n) is 11.2. The molecule has 2 atom stereocenters. The van der Waals surface area contributed by atoms with E-state index < -0.39 is 18.3 Å². The quantitative estimate of drug-likeness (QED) is 0.0338. The van der Waals surface area contributed by atoms with Gasteiger partial charge in [0.05, 0.1) is 25.4 Å². The van der Waals surface area contributed by atoms with Gasteiger partial charge in [-0.2, -0.15) is 0 Å². The van der Waals surface area contributed by atoms with Crippen molar-refractivity contribution in [2.24, 2.45) is 0 Å². The van der Waals surface area contributed by atoms with E-state index in [0.717, 1.165) is 55.2 Å².